The Labute approximate surface area is 197 Å². The Morgan fingerprint density at radius 2 is 1.84 bits per heavy atom. The van der Waals surface area contributed by atoms with E-state index in [9.17, 15) is 14.4 Å². The highest BCUT2D eigenvalue weighted by molar-refractivity contribution is 7.98. The summed E-state index contributed by atoms with van der Waals surface area (Å²) in [5.74, 6) is -1.10. The van der Waals surface area contributed by atoms with Crippen molar-refractivity contribution in [3.63, 3.8) is 0 Å². The highest BCUT2D eigenvalue weighted by atomic mass is 35.5. The summed E-state index contributed by atoms with van der Waals surface area (Å²) in [5, 5.41) is 3.68. The van der Waals surface area contributed by atoms with E-state index in [2.05, 4.69) is 5.32 Å². The highest BCUT2D eigenvalue weighted by Crippen LogP contribution is 2.35. The molecule has 0 bridgehead atoms. The van der Waals surface area contributed by atoms with Crippen molar-refractivity contribution in [1.82, 2.24) is 10.2 Å². The molecule has 1 atom stereocenters. The first-order chi connectivity index (χ1) is 14.7. The van der Waals surface area contributed by atoms with Crippen LogP contribution in [0.3, 0.4) is 0 Å². The number of hydrogen-bond donors (Lipinski definition) is 1. The van der Waals surface area contributed by atoms with Crippen LogP contribution in [0.25, 0.3) is 6.08 Å². The number of amides is 2. The summed E-state index contributed by atoms with van der Waals surface area (Å²) in [6, 6.07) is 3.02. The van der Waals surface area contributed by atoms with E-state index in [1.807, 2.05) is 32.2 Å². The highest BCUT2D eigenvalue weighted by Gasteiger charge is 2.31. The number of carbonyl (C=O) groups excluding carboxylic acids is 3. The molecule has 1 saturated heterocycles. The van der Waals surface area contributed by atoms with Gasteiger partial charge < -0.3 is 15.0 Å². The van der Waals surface area contributed by atoms with Crippen molar-refractivity contribution in [1.29, 1.82) is 0 Å². The molecular formula is C22H28Cl2N2O4S. The summed E-state index contributed by atoms with van der Waals surface area (Å²) in [6.45, 7) is 4.63. The molecule has 0 aliphatic carbocycles. The number of methoxy groups -OCH3 is 1. The van der Waals surface area contributed by atoms with E-state index in [-0.39, 0.29) is 23.7 Å². The molecule has 6 nitrogen and oxygen atoms in total. The first-order valence-corrected chi connectivity index (χ1v) is 12.0. The Balaban J connectivity index is 1.93. The zero-order chi connectivity index (χ0) is 23.1. The number of hydrogen-bond acceptors (Lipinski definition) is 5. The zero-order valence-corrected chi connectivity index (χ0v) is 20.4. The monoisotopic (exact) mass is 486 g/mol. The molecule has 0 spiro atoms. The smallest absolute Gasteiger partial charge is 0.328 e. The van der Waals surface area contributed by atoms with Crippen LogP contribution < -0.4 is 5.32 Å². The van der Waals surface area contributed by atoms with E-state index in [1.54, 1.807) is 11.0 Å². The van der Waals surface area contributed by atoms with Gasteiger partial charge in [0.25, 0.3) is 0 Å². The third-order valence-electron chi connectivity index (χ3n) is 5.30. The number of benzene rings is 1. The van der Waals surface area contributed by atoms with Gasteiger partial charge in [-0.2, -0.15) is 0 Å². The second-order valence-electron chi connectivity index (χ2n) is 7.67. The first-order valence-electron chi connectivity index (χ1n) is 10.1. The average Bonchev–Trinajstić information content (AvgIpc) is 2.77. The van der Waals surface area contributed by atoms with Crippen LogP contribution in [0, 0.1) is 11.8 Å². The van der Waals surface area contributed by atoms with E-state index in [1.165, 1.54) is 24.9 Å². The first kappa shape index (κ1) is 25.6. The Kier molecular flexibility index (Phi) is 9.72. The van der Waals surface area contributed by atoms with Crippen molar-refractivity contribution in [2.75, 3.05) is 26.5 Å². The molecule has 1 unspecified atom stereocenters. The van der Waals surface area contributed by atoms with Gasteiger partial charge in [0.1, 0.15) is 6.04 Å². The van der Waals surface area contributed by atoms with Gasteiger partial charge in [0.15, 0.2) is 0 Å². The Morgan fingerprint density at radius 1 is 1.19 bits per heavy atom. The van der Waals surface area contributed by atoms with Crippen LogP contribution in [0.15, 0.2) is 23.1 Å². The van der Waals surface area contributed by atoms with Gasteiger partial charge in [-0.15, -0.1) is 11.8 Å². The van der Waals surface area contributed by atoms with E-state index in [0.29, 0.717) is 41.5 Å². The van der Waals surface area contributed by atoms with Crippen LogP contribution in [0.1, 0.15) is 32.3 Å². The summed E-state index contributed by atoms with van der Waals surface area (Å²) in [5.41, 5.74) is 0.676. The minimum atomic E-state index is -0.672. The number of esters is 1. The molecule has 1 aromatic carbocycles. The molecule has 31 heavy (non-hydrogen) atoms. The summed E-state index contributed by atoms with van der Waals surface area (Å²) >= 11 is 14.0. The third kappa shape index (κ3) is 6.64. The SMILES string of the molecule is COC(=O)C(NC(=O)C1CCN(C(=O)C=Cc2ccc(SC)c(Cl)c2Cl)CC1)C(C)C. The van der Waals surface area contributed by atoms with Gasteiger partial charge in [-0.05, 0) is 42.7 Å². The number of carbonyl (C=O) groups is 3. The molecule has 9 heteroatoms. The van der Waals surface area contributed by atoms with Crippen molar-refractivity contribution < 1.29 is 19.1 Å². The quantitative estimate of drug-likeness (QED) is 0.353. The van der Waals surface area contributed by atoms with Crippen LogP contribution >= 0.6 is 35.0 Å². The number of halogens is 2. The zero-order valence-electron chi connectivity index (χ0n) is 18.1. The lowest BCUT2D eigenvalue weighted by molar-refractivity contribution is -0.147. The summed E-state index contributed by atoms with van der Waals surface area (Å²) < 4.78 is 4.77. The molecule has 1 fully saturated rings. The largest absolute Gasteiger partial charge is 0.467 e. The average molecular weight is 487 g/mol. The van der Waals surface area contributed by atoms with Crippen molar-refractivity contribution in [3.05, 3.63) is 33.8 Å². The van der Waals surface area contributed by atoms with Crippen molar-refractivity contribution in [3.8, 4) is 0 Å². The normalized spacial score (nSPS) is 15.9. The number of piperidine rings is 1. The molecule has 1 aromatic rings. The molecule has 0 aromatic heterocycles. The summed E-state index contributed by atoms with van der Waals surface area (Å²) in [4.78, 5) is 39.6. The van der Waals surface area contributed by atoms with Gasteiger partial charge in [-0.25, -0.2) is 4.79 Å². The maximum Gasteiger partial charge on any atom is 0.328 e. The lowest BCUT2D eigenvalue weighted by Crippen LogP contribution is -2.49. The van der Waals surface area contributed by atoms with Crippen LogP contribution in [0.2, 0.25) is 10.0 Å². The lowest BCUT2D eigenvalue weighted by atomic mass is 9.94. The molecule has 170 valence electrons. The molecule has 2 rings (SSSR count). The number of thioether (sulfide) groups is 1. The molecule has 0 saturated carbocycles. The minimum absolute atomic E-state index is 0.0754. The fourth-order valence-corrected chi connectivity index (χ4v) is 4.53. The summed E-state index contributed by atoms with van der Waals surface area (Å²) in [6.07, 6.45) is 6.11. The molecule has 1 aliphatic rings. The Bertz CT molecular complexity index is 852. The topological polar surface area (TPSA) is 75.7 Å². The van der Waals surface area contributed by atoms with Crippen LogP contribution in [0.4, 0.5) is 0 Å². The Hall–Kier alpha value is -1.70. The van der Waals surface area contributed by atoms with Gasteiger partial charge in [0, 0.05) is 30.0 Å². The predicted molar refractivity (Wildman–Crippen MR) is 125 cm³/mol. The number of ether oxygens (including phenoxy) is 1. The molecule has 1 heterocycles. The van der Waals surface area contributed by atoms with Crippen molar-refractivity contribution in [2.45, 2.75) is 37.6 Å². The molecule has 1 N–H and O–H groups in total. The second-order valence-corrected chi connectivity index (χ2v) is 9.28. The van der Waals surface area contributed by atoms with E-state index in [4.69, 9.17) is 27.9 Å². The summed E-state index contributed by atoms with van der Waals surface area (Å²) in [7, 11) is 1.31. The maximum atomic E-state index is 12.6. The second kappa shape index (κ2) is 11.8. The fraction of sp³-hybridized carbons (Fsp3) is 0.500. The van der Waals surface area contributed by atoms with Crippen molar-refractivity contribution >= 4 is 58.8 Å². The van der Waals surface area contributed by atoms with Gasteiger partial charge >= 0.3 is 5.97 Å². The maximum absolute atomic E-state index is 12.6. The van der Waals surface area contributed by atoms with Crippen molar-refractivity contribution in [2.24, 2.45) is 11.8 Å². The molecule has 0 radical (unpaired) electrons. The van der Waals surface area contributed by atoms with Gasteiger partial charge in [-0.1, -0.05) is 43.1 Å². The number of likely N-dealkylation sites (tertiary alicyclic amines) is 1. The van der Waals surface area contributed by atoms with Gasteiger partial charge in [-0.3, -0.25) is 9.59 Å². The number of nitrogens with one attached hydrogen (secondary N) is 1. The third-order valence-corrected chi connectivity index (χ3v) is 7.09. The molecular weight excluding hydrogens is 459 g/mol. The predicted octanol–water partition coefficient (Wildman–Crippen LogP) is 4.28. The van der Waals surface area contributed by atoms with Crippen LogP contribution in [0.5, 0.6) is 0 Å². The van der Waals surface area contributed by atoms with Gasteiger partial charge in [0.05, 0.1) is 17.2 Å². The molecule has 1 aliphatic heterocycles. The van der Waals surface area contributed by atoms with E-state index in [0.717, 1.165) is 4.90 Å². The number of nitrogens with zero attached hydrogens (tertiary/aromatic N) is 1. The van der Waals surface area contributed by atoms with Crippen LogP contribution in [-0.2, 0) is 19.1 Å². The van der Waals surface area contributed by atoms with E-state index < -0.39 is 12.0 Å². The lowest BCUT2D eigenvalue weighted by Gasteiger charge is -2.31. The minimum Gasteiger partial charge on any atom is -0.467 e. The van der Waals surface area contributed by atoms with Crippen LogP contribution in [-0.4, -0.2) is 55.2 Å². The Morgan fingerprint density at radius 3 is 2.39 bits per heavy atom. The van der Waals surface area contributed by atoms with Gasteiger partial charge in [0.2, 0.25) is 11.8 Å². The fourth-order valence-electron chi connectivity index (χ4n) is 3.36. The number of rotatable bonds is 7. The standard InChI is InChI=1S/C22H28Cl2N2O4S/c1-13(2)20(22(29)30-3)25-21(28)15-9-11-26(12-10-15)17(27)8-6-14-5-7-16(31-4)19(24)18(14)23/h5-8,13,15,20H,9-12H2,1-4H3,(H,25,28). The molecule has 2 amide bonds. The van der Waals surface area contributed by atoms with E-state index >= 15 is 0 Å².